The molecule has 4 heterocycles. The van der Waals surface area contributed by atoms with Gasteiger partial charge in [0.05, 0.1) is 62.0 Å². The van der Waals surface area contributed by atoms with E-state index in [9.17, 15) is 22.6 Å². The first kappa shape index (κ1) is 35.6. The number of para-hydroxylation sites is 1. The second kappa shape index (κ2) is 14.4. The fraction of sp³-hybridized carbons (Fsp3) is 0.350. The molecule has 0 saturated carbocycles. The third kappa shape index (κ3) is 6.53. The zero-order valence-electron chi connectivity index (χ0n) is 30.0. The van der Waals surface area contributed by atoms with Crippen LogP contribution in [0.25, 0.3) is 0 Å². The minimum atomic E-state index is -4.61. The van der Waals surface area contributed by atoms with Gasteiger partial charge in [0.2, 0.25) is 0 Å². The Morgan fingerprint density at radius 2 is 1.35 bits per heavy atom. The number of ether oxygens (including phenoxy) is 4. The number of rotatable bonds is 11. The van der Waals surface area contributed by atoms with Gasteiger partial charge in [0.25, 0.3) is 21.9 Å². The molecule has 13 nitrogen and oxygen atoms in total. The molecule has 8 rings (SSSR count). The summed E-state index contributed by atoms with van der Waals surface area (Å²) in [4.78, 5) is 31.0. The minimum absolute atomic E-state index is 0.0267. The van der Waals surface area contributed by atoms with E-state index in [0.717, 1.165) is 36.1 Å². The normalized spacial score (nSPS) is 19.7. The van der Waals surface area contributed by atoms with E-state index >= 15 is 0 Å². The van der Waals surface area contributed by atoms with Crippen LogP contribution in [0.4, 0.5) is 17.1 Å². The number of fused-ring (bicyclic) bond motifs is 7. The molecule has 4 aliphatic rings. The average Bonchev–Trinajstić information content (AvgIpc) is 3.43. The van der Waals surface area contributed by atoms with Crippen molar-refractivity contribution in [3.05, 3.63) is 101 Å². The van der Waals surface area contributed by atoms with Crippen molar-refractivity contribution < 1.29 is 41.5 Å². The molecule has 4 aromatic carbocycles. The molecule has 0 fully saturated rings. The van der Waals surface area contributed by atoms with Gasteiger partial charge < -0.3 is 39.4 Å². The Morgan fingerprint density at radius 1 is 0.741 bits per heavy atom. The third-order valence-electron chi connectivity index (χ3n) is 10.7. The van der Waals surface area contributed by atoms with Crippen molar-refractivity contribution in [1.82, 2.24) is 4.90 Å². The summed E-state index contributed by atoms with van der Waals surface area (Å²) < 4.78 is 59.1. The van der Waals surface area contributed by atoms with E-state index in [1.807, 2.05) is 53.4 Å². The van der Waals surface area contributed by atoms with E-state index in [0.29, 0.717) is 60.4 Å². The zero-order chi connectivity index (χ0) is 37.6. The predicted molar refractivity (Wildman–Crippen MR) is 203 cm³/mol. The highest BCUT2D eigenvalue weighted by atomic mass is 32.2. The summed E-state index contributed by atoms with van der Waals surface area (Å²) in [6.07, 6.45) is 3.23. The zero-order valence-corrected chi connectivity index (χ0v) is 30.9. The van der Waals surface area contributed by atoms with Gasteiger partial charge in [-0.3, -0.25) is 14.1 Å². The van der Waals surface area contributed by atoms with Crippen molar-refractivity contribution in [3.63, 3.8) is 0 Å². The van der Waals surface area contributed by atoms with Crippen LogP contribution in [0, 0.1) is 0 Å². The van der Waals surface area contributed by atoms with Crippen LogP contribution in [-0.2, 0) is 29.5 Å². The second-order valence-corrected chi connectivity index (χ2v) is 15.5. The maximum Gasteiger partial charge on any atom is 0.288 e. The molecular formula is C40H42N4O9S. The van der Waals surface area contributed by atoms with Crippen molar-refractivity contribution in [1.29, 1.82) is 0 Å². The number of benzene rings is 4. The van der Waals surface area contributed by atoms with Crippen LogP contribution in [0.3, 0.4) is 0 Å². The van der Waals surface area contributed by atoms with Gasteiger partial charge in [-0.05, 0) is 67.0 Å². The van der Waals surface area contributed by atoms with Gasteiger partial charge in [-0.25, -0.2) is 0 Å². The number of nitrogens with one attached hydrogen (secondary N) is 2. The van der Waals surface area contributed by atoms with Crippen molar-refractivity contribution in [2.45, 2.75) is 56.1 Å². The van der Waals surface area contributed by atoms with Gasteiger partial charge in [0.1, 0.15) is 0 Å². The third-order valence-corrected chi connectivity index (χ3v) is 11.8. The van der Waals surface area contributed by atoms with E-state index in [4.69, 9.17) is 18.9 Å². The Labute approximate surface area is 313 Å². The first-order valence-electron chi connectivity index (χ1n) is 18.1. The number of hydrogen-bond acceptors (Lipinski definition) is 10. The monoisotopic (exact) mass is 754 g/mol. The van der Waals surface area contributed by atoms with Crippen molar-refractivity contribution in [2.75, 3.05) is 49.5 Å². The molecule has 0 spiro atoms. The van der Waals surface area contributed by atoms with Crippen LogP contribution in [-0.4, -0.2) is 81.1 Å². The van der Waals surface area contributed by atoms with Gasteiger partial charge in [-0.15, -0.1) is 0 Å². The Kier molecular flexibility index (Phi) is 9.48. The Bertz CT molecular complexity index is 2230. The highest BCUT2D eigenvalue weighted by Crippen LogP contribution is 2.42. The predicted octanol–water partition coefficient (Wildman–Crippen LogP) is 5.54. The van der Waals surface area contributed by atoms with Gasteiger partial charge in [-0.2, -0.15) is 8.42 Å². The number of unbranched alkanes of at least 4 members (excludes halogenated alkanes) is 2. The first-order chi connectivity index (χ1) is 26.1. The minimum Gasteiger partial charge on any atom is -0.493 e. The summed E-state index contributed by atoms with van der Waals surface area (Å²) in [7, 11) is -1.57. The molecule has 0 aromatic heterocycles. The van der Waals surface area contributed by atoms with E-state index in [1.165, 1.54) is 17.6 Å². The van der Waals surface area contributed by atoms with Gasteiger partial charge in [-0.1, -0.05) is 42.5 Å². The summed E-state index contributed by atoms with van der Waals surface area (Å²) in [5, 5.41) is 4.96. The van der Waals surface area contributed by atoms with Crippen LogP contribution < -0.4 is 34.5 Å². The summed E-state index contributed by atoms with van der Waals surface area (Å²) in [5.41, 5.74) is 5.69. The number of hydrogen-bond donors (Lipinski definition) is 3. The molecule has 1 unspecified atom stereocenters. The number of carbonyl (C=O) groups excluding carboxylic acids is 2. The van der Waals surface area contributed by atoms with Gasteiger partial charge in [0.15, 0.2) is 28.4 Å². The summed E-state index contributed by atoms with van der Waals surface area (Å²) in [6, 6.07) is 21.5. The molecule has 282 valence electrons. The summed E-state index contributed by atoms with van der Waals surface area (Å²) >= 11 is 0. The molecule has 0 bridgehead atoms. The van der Waals surface area contributed by atoms with E-state index < -0.39 is 21.5 Å². The Morgan fingerprint density at radius 3 is 2.02 bits per heavy atom. The van der Waals surface area contributed by atoms with E-state index in [-0.39, 0.29) is 42.1 Å². The van der Waals surface area contributed by atoms with E-state index in [2.05, 4.69) is 16.7 Å². The van der Waals surface area contributed by atoms with Crippen LogP contribution >= 0.6 is 0 Å². The van der Waals surface area contributed by atoms with Gasteiger partial charge >= 0.3 is 0 Å². The van der Waals surface area contributed by atoms with Crippen LogP contribution in [0.1, 0.15) is 56.7 Å². The molecule has 4 aliphatic heterocycles. The fourth-order valence-electron chi connectivity index (χ4n) is 8.00. The van der Waals surface area contributed by atoms with Crippen molar-refractivity contribution in [3.8, 4) is 23.0 Å². The number of anilines is 3. The smallest absolute Gasteiger partial charge is 0.288 e. The molecule has 0 radical (unpaired) electrons. The average molecular weight is 755 g/mol. The molecule has 14 heteroatoms. The lowest BCUT2D eigenvalue weighted by Crippen LogP contribution is -2.53. The molecule has 2 amide bonds. The summed E-state index contributed by atoms with van der Waals surface area (Å²) in [5.74, 6) is 1.27. The molecule has 3 N–H and O–H groups in total. The molecule has 3 atom stereocenters. The Balaban J connectivity index is 0.894. The van der Waals surface area contributed by atoms with Crippen LogP contribution in [0.2, 0.25) is 0 Å². The number of methoxy groups -OCH3 is 2. The van der Waals surface area contributed by atoms with Crippen molar-refractivity contribution >= 4 is 39.0 Å². The number of amides is 2. The first-order valence-corrected chi connectivity index (χ1v) is 19.6. The molecule has 4 aromatic rings. The molecule has 0 aliphatic carbocycles. The number of carbonyl (C=O) groups is 2. The lowest BCUT2D eigenvalue weighted by atomic mass is 9.93. The Hall–Kier alpha value is -5.47. The number of nitrogens with zero attached hydrogens (tertiary/aromatic N) is 2. The molecule has 0 saturated heterocycles. The quantitative estimate of drug-likeness (QED) is 0.131. The van der Waals surface area contributed by atoms with Crippen LogP contribution in [0.15, 0.2) is 72.8 Å². The van der Waals surface area contributed by atoms with Gasteiger partial charge in [0, 0.05) is 30.9 Å². The fourth-order valence-corrected chi connectivity index (χ4v) is 8.92. The highest BCUT2D eigenvalue weighted by molar-refractivity contribution is 7.86. The second-order valence-electron chi connectivity index (χ2n) is 14.0. The molecular weight excluding hydrogens is 713 g/mol. The highest BCUT2D eigenvalue weighted by Gasteiger charge is 2.45. The standard InChI is InChI=1S/C40H42N4O9S/c1-50-34-18-28-30(41-22-27-16-25-11-6-7-13-32(25)44(27)40(28)46)20-36(34)52-14-8-3-9-15-53-37-21-31-29(19-35(37)51-2)39(45)43-23-26-12-5-4-10-24(26)17-33(43)38(42-31)54(47,48)49/h4-7,10-13,18-21,27,33,38,41-42H,3,8-9,14-17,22-23H2,1-2H3,(H,47,48,49)/t27-,33-,38?/m0/s1. The maximum atomic E-state index is 13.9. The summed E-state index contributed by atoms with van der Waals surface area (Å²) in [6.45, 7) is 1.57. The topological polar surface area (TPSA) is 156 Å². The van der Waals surface area contributed by atoms with Crippen molar-refractivity contribution in [2.24, 2.45) is 0 Å². The lowest BCUT2D eigenvalue weighted by Gasteiger charge is -2.38. The lowest BCUT2D eigenvalue weighted by molar-refractivity contribution is 0.0648. The van der Waals surface area contributed by atoms with E-state index in [1.54, 1.807) is 25.3 Å². The largest absolute Gasteiger partial charge is 0.493 e. The van der Waals surface area contributed by atoms with Crippen LogP contribution in [0.5, 0.6) is 23.0 Å². The SMILES string of the molecule is COc1cc2c(cc1OCCCCCOc1cc3c(cc1OC)C(=O)N1c4ccccc4C[C@H]1CN3)NC(S(=O)(=O)O)[C@@H]1Cc3ccccc3CN1C2=O. The molecule has 54 heavy (non-hydrogen) atoms. The maximum absolute atomic E-state index is 13.9.